The molecule has 0 spiro atoms. The van der Waals surface area contributed by atoms with Crippen LogP contribution in [0.5, 0.6) is 0 Å². The van der Waals surface area contributed by atoms with Crippen LogP contribution in [0.15, 0.2) is 43.1 Å². The second-order valence-electron chi connectivity index (χ2n) is 6.96. The number of aromatic nitrogens is 5. The molecule has 0 aliphatic heterocycles. The Morgan fingerprint density at radius 3 is 2.69 bits per heavy atom. The van der Waals surface area contributed by atoms with E-state index in [9.17, 15) is 4.79 Å². The number of pyridine rings is 1. The van der Waals surface area contributed by atoms with E-state index >= 15 is 0 Å². The molecule has 3 aromatic heterocycles. The van der Waals surface area contributed by atoms with Crippen LogP contribution in [0.2, 0.25) is 5.02 Å². The Bertz CT molecular complexity index is 970. The zero-order valence-electron chi connectivity index (χ0n) is 16.3. The summed E-state index contributed by atoms with van der Waals surface area (Å²) in [5.74, 6) is 0.358. The van der Waals surface area contributed by atoms with Crippen molar-refractivity contribution in [3.8, 4) is 5.69 Å². The predicted octanol–water partition coefficient (Wildman–Crippen LogP) is 2.02. The van der Waals surface area contributed by atoms with E-state index in [2.05, 4.69) is 30.7 Å². The molecule has 3 rings (SSSR count). The topological polar surface area (TPSA) is 124 Å². The van der Waals surface area contributed by atoms with Crippen LogP contribution in [0.1, 0.15) is 31.5 Å². The number of rotatable bonds is 8. The maximum atomic E-state index is 11.5. The summed E-state index contributed by atoms with van der Waals surface area (Å²) in [4.78, 5) is 24.6. The summed E-state index contributed by atoms with van der Waals surface area (Å²) in [5.41, 5.74) is 7.08. The van der Waals surface area contributed by atoms with Crippen LogP contribution in [0.4, 0.5) is 5.95 Å². The average Bonchev–Trinajstić information content (AvgIpc) is 3.16. The van der Waals surface area contributed by atoms with Crippen LogP contribution in [0.25, 0.3) is 5.69 Å². The molecular weight excluding hydrogens is 392 g/mol. The first kappa shape index (κ1) is 20.7. The van der Waals surface area contributed by atoms with Gasteiger partial charge in [0.05, 0.1) is 34.8 Å². The molecule has 10 heteroatoms. The molecular formula is C19H23ClN8O. The van der Waals surface area contributed by atoms with Crippen LogP contribution in [-0.2, 0) is 16.9 Å². The average molecular weight is 415 g/mol. The van der Waals surface area contributed by atoms with Gasteiger partial charge >= 0.3 is 0 Å². The lowest BCUT2D eigenvalue weighted by Gasteiger charge is -2.26. The first-order valence-electron chi connectivity index (χ1n) is 9.11. The Morgan fingerprint density at radius 2 is 2.00 bits per heavy atom. The lowest BCUT2D eigenvalue weighted by Crippen LogP contribution is -2.30. The molecule has 0 aliphatic carbocycles. The molecule has 0 unspecified atom stereocenters. The fourth-order valence-corrected chi connectivity index (χ4v) is 3.06. The highest BCUT2D eigenvalue weighted by atomic mass is 35.5. The van der Waals surface area contributed by atoms with E-state index in [4.69, 9.17) is 17.3 Å². The van der Waals surface area contributed by atoms with Gasteiger partial charge in [-0.2, -0.15) is 5.10 Å². The molecule has 0 bridgehead atoms. The minimum Gasteiger partial charge on any atom is -0.352 e. The molecule has 29 heavy (non-hydrogen) atoms. The van der Waals surface area contributed by atoms with Crippen molar-refractivity contribution >= 4 is 23.5 Å². The highest BCUT2D eigenvalue weighted by Gasteiger charge is 2.25. The third kappa shape index (κ3) is 5.27. The number of amides is 1. The Hall–Kier alpha value is -3.04. The highest BCUT2D eigenvalue weighted by molar-refractivity contribution is 6.31. The zero-order chi connectivity index (χ0) is 20.9. The molecule has 9 nitrogen and oxygen atoms in total. The number of nitrogens with zero attached hydrogens (tertiary/aromatic N) is 5. The third-order valence-electron chi connectivity index (χ3n) is 4.17. The predicted molar refractivity (Wildman–Crippen MR) is 111 cm³/mol. The summed E-state index contributed by atoms with van der Waals surface area (Å²) in [5, 5.41) is 10.9. The Labute approximate surface area is 173 Å². The quantitative estimate of drug-likeness (QED) is 0.515. The van der Waals surface area contributed by atoms with Crippen LogP contribution in [0, 0.1) is 0 Å². The molecule has 1 amide bonds. The van der Waals surface area contributed by atoms with Crippen LogP contribution in [0.3, 0.4) is 0 Å². The minimum atomic E-state index is -0.555. The minimum absolute atomic E-state index is 0.0883. The van der Waals surface area contributed by atoms with E-state index in [1.807, 2.05) is 20.0 Å². The normalized spacial score (nSPS) is 11.3. The van der Waals surface area contributed by atoms with Gasteiger partial charge in [0.25, 0.3) is 0 Å². The van der Waals surface area contributed by atoms with Gasteiger partial charge < -0.3 is 16.4 Å². The van der Waals surface area contributed by atoms with Crippen molar-refractivity contribution < 1.29 is 4.79 Å². The van der Waals surface area contributed by atoms with Gasteiger partial charge in [0.15, 0.2) is 0 Å². The molecule has 0 atom stereocenters. The molecule has 3 aromatic rings. The molecule has 0 fully saturated rings. The number of carbonyl (C=O) groups is 1. The van der Waals surface area contributed by atoms with E-state index < -0.39 is 5.54 Å². The van der Waals surface area contributed by atoms with Gasteiger partial charge in [-0.05, 0) is 26.0 Å². The number of hydrogen-bond acceptors (Lipinski definition) is 7. The number of carbonyl (C=O) groups excluding carboxylic acids is 1. The number of halogens is 1. The maximum absolute atomic E-state index is 11.5. The number of nitrogens with one attached hydrogen (secondary N) is 2. The van der Waals surface area contributed by atoms with Gasteiger partial charge in [-0.25, -0.2) is 14.6 Å². The molecule has 0 saturated heterocycles. The van der Waals surface area contributed by atoms with E-state index in [-0.39, 0.29) is 5.91 Å². The molecule has 0 saturated carbocycles. The molecule has 0 aliphatic rings. The van der Waals surface area contributed by atoms with E-state index in [0.29, 0.717) is 41.9 Å². The molecule has 152 valence electrons. The highest BCUT2D eigenvalue weighted by Crippen LogP contribution is 2.28. The molecule has 4 N–H and O–H groups in total. The zero-order valence-corrected chi connectivity index (χ0v) is 17.0. The summed E-state index contributed by atoms with van der Waals surface area (Å²) < 4.78 is 1.65. The lowest BCUT2D eigenvalue weighted by atomic mass is 10.00. The second kappa shape index (κ2) is 8.97. The summed E-state index contributed by atoms with van der Waals surface area (Å²) in [6.45, 7) is 4.62. The van der Waals surface area contributed by atoms with E-state index in [1.165, 1.54) is 0 Å². The third-order valence-corrected chi connectivity index (χ3v) is 4.48. The van der Waals surface area contributed by atoms with Crippen LogP contribution in [-0.4, -0.2) is 37.2 Å². The Kier molecular flexibility index (Phi) is 6.40. The number of hydrogen-bond donors (Lipinski definition) is 3. The van der Waals surface area contributed by atoms with Crippen molar-refractivity contribution in [1.82, 2.24) is 30.0 Å². The van der Waals surface area contributed by atoms with Crippen molar-refractivity contribution in [3.05, 3.63) is 59.4 Å². The monoisotopic (exact) mass is 414 g/mol. The SMILES string of the molecule is CC(C)(Nc1ncc(-n2cc(CNC(=O)CCN)cn2)cn1)c1ncccc1Cl. The van der Waals surface area contributed by atoms with E-state index in [1.54, 1.807) is 41.6 Å². The van der Waals surface area contributed by atoms with Gasteiger partial charge in [0.1, 0.15) is 5.69 Å². The fourth-order valence-electron chi connectivity index (χ4n) is 2.70. The Morgan fingerprint density at radius 1 is 1.24 bits per heavy atom. The number of anilines is 1. The smallest absolute Gasteiger partial charge is 0.223 e. The largest absolute Gasteiger partial charge is 0.352 e. The van der Waals surface area contributed by atoms with Gasteiger partial charge in [-0.1, -0.05) is 11.6 Å². The second-order valence-corrected chi connectivity index (χ2v) is 7.36. The molecule has 0 aromatic carbocycles. The standard InChI is InChI=1S/C19H23ClN8O/c1-19(2,17-15(20)4-3-7-22-17)27-18-24-10-14(11-25-18)28-12-13(9-26-28)8-23-16(29)5-6-21/h3-4,7,9-12H,5-6,8,21H2,1-2H3,(H,23,29)(H,24,25,27). The maximum Gasteiger partial charge on any atom is 0.223 e. The van der Waals surface area contributed by atoms with Crippen LogP contribution >= 0.6 is 11.6 Å². The van der Waals surface area contributed by atoms with Crippen molar-refractivity contribution in [2.75, 3.05) is 11.9 Å². The van der Waals surface area contributed by atoms with E-state index in [0.717, 1.165) is 5.56 Å². The summed E-state index contributed by atoms with van der Waals surface area (Å²) in [6.07, 6.45) is 8.82. The van der Waals surface area contributed by atoms with Crippen molar-refractivity contribution in [3.63, 3.8) is 0 Å². The first-order valence-corrected chi connectivity index (χ1v) is 9.49. The van der Waals surface area contributed by atoms with Gasteiger partial charge in [-0.3, -0.25) is 9.78 Å². The van der Waals surface area contributed by atoms with Gasteiger partial charge in [-0.15, -0.1) is 0 Å². The first-order chi connectivity index (χ1) is 13.9. The van der Waals surface area contributed by atoms with Gasteiger partial charge in [0, 0.05) is 37.5 Å². The van der Waals surface area contributed by atoms with Gasteiger partial charge in [0.2, 0.25) is 11.9 Å². The van der Waals surface area contributed by atoms with Crippen molar-refractivity contribution in [2.45, 2.75) is 32.4 Å². The van der Waals surface area contributed by atoms with Crippen molar-refractivity contribution in [1.29, 1.82) is 0 Å². The Balaban J connectivity index is 1.66. The van der Waals surface area contributed by atoms with Crippen LogP contribution < -0.4 is 16.4 Å². The fraction of sp³-hybridized carbons (Fsp3) is 0.316. The molecule has 3 heterocycles. The lowest BCUT2D eigenvalue weighted by molar-refractivity contribution is -0.121. The number of nitrogens with two attached hydrogens (primary N) is 1. The van der Waals surface area contributed by atoms with Crippen molar-refractivity contribution in [2.24, 2.45) is 5.73 Å². The summed E-state index contributed by atoms with van der Waals surface area (Å²) in [6, 6.07) is 3.58. The summed E-state index contributed by atoms with van der Waals surface area (Å²) in [7, 11) is 0. The molecule has 0 radical (unpaired) electrons. The summed E-state index contributed by atoms with van der Waals surface area (Å²) >= 11 is 6.26.